The van der Waals surface area contributed by atoms with Crippen molar-refractivity contribution in [3.8, 4) is 17.2 Å². The zero-order valence-corrected chi connectivity index (χ0v) is 29.3. The van der Waals surface area contributed by atoms with Gasteiger partial charge in [-0.15, -0.1) is 0 Å². The molecule has 1 atom stereocenters. The van der Waals surface area contributed by atoms with Crippen LogP contribution in [0.15, 0.2) is 60.7 Å². The maximum Gasteiger partial charge on any atom is 0.354 e. The fourth-order valence-electron chi connectivity index (χ4n) is 4.48. The number of hydrogen-bond acceptors (Lipinski definition) is 6. The van der Waals surface area contributed by atoms with Crippen molar-refractivity contribution in [2.75, 3.05) is 12.9 Å². The number of phenolic OH excluding ortho intramolecular Hbond substituents is 1. The van der Waals surface area contributed by atoms with Crippen LogP contribution in [-0.4, -0.2) is 30.1 Å². The normalized spacial score (nSPS) is 11.9. The van der Waals surface area contributed by atoms with Gasteiger partial charge in [-0.3, -0.25) is 9.36 Å². The van der Waals surface area contributed by atoms with Crippen LogP contribution < -0.4 is 14.3 Å². The van der Waals surface area contributed by atoms with E-state index in [1.54, 1.807) is 30.3 Å². The molecule has 3 aromatic rings. The number of ether oxygens (including phenoxy) is 2. The Hall–Kier alpha value is -3.28. The molecule has 3 rings (SSSR count). The van der Waals surface area contributed by atoms with Gasteiger partial charge >= 0.3 is 13.5 Å². The Bertz CT molecular complexity index is 1300. The van der Waals surface area contributed by atoms with Crippen LogP contribution in [0.2, 0.25) is 0 Å². The zero-order valence-electron chi connectivity index (χ0n) is 28.4. The Morgan fingerprint density at radius 1 is 0.886 bits per heavy atom. The van der Waals surface area contributed by atoms with Crippen molar-refractivity contribution < 1.29 is 28.5 Å². The molecule has 0 aliphatic heterocycles. The molecule has 0 fully saturated rings. The Labute approximate surface area is 265 Å². The lowest BCUT2D eigenvalue weighted by molar-refractivity contribution is -0.147. The van der Waals surface area contributed by atoms with Crippen LogP contribution in [0.1, 0.15) is 102 Å². The molecule has 0 radical (unpaired) electrons. The van der Waals surface area contributed by atoms with E-state index in [-0.39, 0.29) is 24.9 Å². The van der Waals surface area contributed by atoms with Gasteiger partial charge in [0.1, 0.15) is 29.9 Å². The number of esters is 1. The van der Waals surface area contributed by atoms with Crippen molar-refractivity contribution in [3.05, 3.63) is 88.5 Å². The summed E-state index contributed by atoms with van der Waals surface area (Å²) in [6.07, 6.45) is 1.69. The second-order valence-corrected chi connectivity index (χ2v) is 12.5. The molecule has 0 heterocycles. The fourth-order valence-corrected chi connectivity index (χ4v) is 5.84. The van der Waals surface area contributed by atoms with Crippen molar-refractivity contribution in [2.24, 2.45) is 0 Å². The summed E-state index contributed by atoms with van der Waals surface area (Å²) in [7, 11) is -3.63. The summed E-state index contributed by atoms with van der Waals surface area (Å²) < 4.78 is 31.1. The van der Waals surface area contributed by atoms with Crippen molar-refractivity contribution in [3.63, 3.8) is 0 Å². The summed E-state index contributed by atoms with van der Waals surface area (Å²) in [6, 6.07) is 18.4. The van der Waals surface area contributed by atoms with Crippen molar-refractivity contribution in [2.45, 2.75) is 101 Å². The van der Waals surface area contributed by atoms with Gasteiger partial charge in [-0.25, -0.2) is 5.09 Å². The number of carbonyl (C=O) groups is 1. The number of rotatable bonds is 14. The smallest absolute Gasteiger partial charge is 0.354 e. The third-order valence-corrected chi connectivity index (χ3v) is 8.45. The van der Waals surface area contributed by atoms with Crippen LogP contribution in [0.3, 0.4) is 0 Å². The molecule has 1 unspecified atom stereocenters. The first-order valence-corrected chi connectivity index (χ1v) is 17.7. The van der Waals surface area contributed by atoms with Crippen molar-refractivity contribution in [1.29, 1.82) is 0 Å². The van der Waals surface area contributed by atoms with Crippen LogP contribution in [0, 0.1) is 13.8 Å². The molecule has 44 heavy (non-hydrogen) atoms. The standard InChI is InChI=1S/C32H42NO6P.2C2H6/c1-7-26(8-2)38-32(35)20-33-40(36,39-27-12-10-9-11-13-27)21-37-28-16-23(5)30(24(6)17-28)19-25-14-15-31(34)29(18-25)22(3)4;2*1-2/h9-18,22,26,34H,7-8,19-21H2,1-6H3,(H,33,36);2*1-2H3. The summed E-state index contributed by atoms with van der Waals surface area (Å²) in [5.74, 6) is 1.02. The first-order valence-electron chi connectivity index (χ1n) is 15.9. The Balaban J connectivity index is 0.00000232. The first kappa shape index (κ1) is 38.7. The molecule has 7 nitrogen and oxygen atoms in total. The average molecular weight is 628 g/mol. The highest BCUT2D eigenvalue weighted by Crippen LogP contribution is 2.43. The number of carbonyl (C=O) groups excluding carboxylic acids is 1. The minimum absolute atomic E-state index is 0.178. The number of hydrogen-bond donors (Lipinski definition) is 2. The Morgan fingerprint density at radius 2 is 1.48 bits per heavy atom. The number of nitrogens with one attached hydrogen (secondary N) is 1. The molecule has 0 aliphatic carbocycles. The number of phenols is 1. The maximum absolute atomic E-state index is 13.8. The van der Waals surface area contributed by atoms with Crippen LogP contribution in [-0.2, 0) is 20.5 Å². The predicted octanol–water partition coefficient (Wildman–Crippen LogP) is 9.71. The fraction of sp³-hybridized carbons (Fsp3) is 0.472. The summed E-state index contributed by atoms with van der Waals surface area (Å²) in [5.41, 5.74) is 5.29. The third kappa shape index (κ3) is 12.4. The first-order chi connectivity index (χ1) is 21.0. The van der Waals surface area contributed by atoms with Gasteiger partial charge in [-0.2, -0.15) is 0 Å². The molecule has 0 saturated heterocycles. The third-order valence-electron chi connectivity index (χ3n) is 6.83. The molecule has 3 aromatic carbocycles. The largest absolute Gasteiger partial charge is 0.508 e. The summed E-state index contributed by atoms with van der Waals surface area (Å²) in [6.45, 7) is 19.8. The van der Waals surface area contributed by atoms with E-state index in [0.717, 1.165) is 22.3 Å². The van der Waals surface area contributed by atoms with E-state index < -0.39 is 13.5 Å². The maximum atomic E-state index is 13.8. The number of aryl methyl sites for hydroxylation is 2. The highest BCUT2D eigenvalue weighted by atomic mass is 31.2. The Kier molecular flexibility index (Phi) is 17.5. The number of aromatic hydroxyl groups is 1. The molecule has 0 aromatic heterocycles. The van der Waals surface area contributed by atoms with Gasteiger partial charge in [0.2, 0.25) is 0 Å². The minimum Gasteiger partial charge on any atom is -0.508 e. The monoisotopic (exact) mass is 627 g/mol. The molecule has 0 bridgehead atoms. The topological polar surface area (TPSA) is 94.1 Å². The van der Waals surface area contributed by atoms with E-state index in [0.29, 0.717) is 36.5 Å². The van der Waals surface area contributed by atoms with Gasteiger partial charge in [0.05, 0.1) is 0 Å². The van der Waals surface area contributed by atoms with Gasteiger partial charge in [0.25, 0.3) is 0 Å². The zero-order chi connectivity index (χ0) is 33.3. The molecule has 0 aliphatic rings. The lowest BCUT2D eigenvalue weighted by atomic mass is 9.93. The van der Waals surface area contributed by atoms with E-state index in [1.165, 1.54) is 5.56 Å². The van der Waals surface area contributed by atoms with Gasteiger partial charge in [0.15, 0.2) is 6.35 Å². The SMILES string of the molecule is CC.CC.CCC(CC)OC(=O)CNP(=O)(COc1cc(C)c(Cc2ccc(O)c(C(C)C)c2)c(C)c1)Oc1ccccc1. The quantitative estimate of drug-likeness (QED) is 0.136. The van der Waals surface area contributed by atoms with E-state index >= 15 is 0 Å². The molecule has 0 spiro atoms. The van der Waals surface area contributed by atoms with Crippen LogP contribution in [0.4, 0.5) is 0 Å². The second-order valence-electron chi connectivity index (χ2n) is 10.4. The van der Waals surface area contributed by atoms with Gasteiger partial charge in [0, 0.05) is 0 Å². The summed E-state index contributed by atoms with van der Waals surface area (Å²) in [5, 5.41) is 13.0. The highest BCUT2D eigenvalue weighted by Gasteiger charge is 2.28. The second kappa shape index (κ2) is 19.9. The molecular weight excluding hydrogens is 573 g/mol. The molecule has 244 valence electrons. The van der Waals surface area contributed by atoms with Gasteiger partial charge < -0.3 is 19.1 Å². The van der Waals surface area contributed by atoms with E-state index in [1.807, 2.05) is 79.7 Å². The van der Waals surface area contributed by atoms with E-state index in [2.05, 4.69) is 25.0 Å². The van der Waals surface area contributed by atoms with Gasteiger partial charge in [-0.1, -0.05) is 85.7 Å². The lowest BCUT2D eigenvalue weighted by Crippen LogP contribution is -2.29. The Morgan fingerprint density at radius 3 is 2.02 bits per heavy atom. The molecule has 0 saturated carbocycles. The summed E-state index contributed by atoms with van der Waals surface area (Å²) >= 11 is 0. The highest BCUT2D eigenvalue weighted by molar-refractivity contribution is 7.57. The number of benzene rings is 3. The van der Waals surface area contributed by atoms with Crippen molar-refractivity contribution in [1.82, 2.24) is 5.09 Å². The average Bonchev–Trinajstić information content (AvgIpc) is 3.02. The van der Waals surface area contributed by atoms with Crippen LogP contribution in [0.25, 0.3) is 0 Å². The number of para-hydroxylation sites is 1. The predicted molar refractivity (Wildman–Crippen MR) is 182 cm³/mol. The van der Waals surface area contributed by atoms with Crippen molar-refractivity contribution >= 4 is 13.5 Å². The van der Waals surface area contributed by atoms with E-state index in [9.17, 15) is 14.5 Å². The van der Waals surface area contributed by atoms with Crippen LogP contribution in [0.5, 0.6) is 17.2 Å². The molecular formula is C36H54NO6P. The van der Waals surface area contributed by atoms with Crippen LogP contribution >= 0.6 is 7.52 Å². The minimum atomic E-state index is -3.63. The van der Waals surface area contributed by atoms with E-state index in [4.69, 9.17) is 14.0 Å². The van der Waals surface area contributed by atoms with Gasteiger partial charge in [-0.05, 0) is 97.2 Å². The molecule has 0 amide bonds. The summed E-state index contributed by atoms with van der Waals surface area (Å²) in [4.78, 5) is 12.4. The lowest BCUT2D eigenvalue weighted by Gasteiger charge is -2.22. The molecule has 8 heteroatoms. The molecule has 2 N–H and O–H groups in total.